The highest BCUT2D eigenvalue weighted by atomic mass is 16.5. The third kappa shape index (κ3) is 2.55. The van der Waals surface area contributed by atoms with Crippen LogP contribution in [0.1, 0.15) is 11.1 Å². The molecule has 0 aliphatic heterocycles. The van der Waals surface area contributed by atoms with Crippen LogP contribution in [0.4, 0.5) is 0 Å². The smallest absolute Gasteiger partial charge is 0.339 e. The first-order valence-electron chi connectivity index (χ1n) is 7.06. The average molecular weight is 306 g/mol. The van der Waals surface area contributed by atoms with E-state index in [0.29, 0.717) is 5.57 Å². The maximum atomic E-state index is 12.3. The van der Waals surface area contributed by atoms with Gasteiger partial charge in [0, 0.05) is 0 Å². The van der Waals surface area contributed by atoms with Crippen molar-refractivity contribution in [1.82, 2.24) is 0 Å². The lowest BCUT2D eigenvalue weighted by Gasteiger charge is -2.12. The van der Waals surface area contributed by atoms with E-state index in [-0.39, 0.29) is 11.1 Å². The quantitative estimate of drug-likeness (QED) is 0.853. The molecule has 0 bridgehead atoms. The Bertz CT molecular complexity index is 848. The van der Waals surface area contributed by atoms with Gasteiger partial charge in [-0.1, -0.05) is 54.6 Å². The Morgan fingerprint density at radius 2 is 1.87 bits per heavy atom. The first-order valence-corrected chi connectivity index (χ1v) is 7.06. The summed E-state index contributed by atoms with van der Waals surface area (Å²) in [4.78, 5) is 24.0. The first-order chi connectivity index (χ1) is 11.1. The molecular formula is C19H14O4. The van der Waals surface area contributed by atoms with Gasteiger partial charge in [0.2, 0.25) is 0 Å². The second-order valence-electron chi connectivity index (χ2n) is 5.06. The van der Waals surface area contributed by atoms with Gasteiger partial charge in [-0.3, -0.25) is 0 Å². The molecule has 0 unspecified atom stereocenters. The third-order valence-corrected chi connectivity index (χ3v) is 3.75. The number of aliphatic carboxylic acids is 1. The lowest BCUT2D eigenvalue weighted by molar-refractivity contribution is -0.138. The van der Waals surface area contributed by atoms with Gasteiger partial charge in [0.05, 0.1) is 18.3 Å². The highest BCUT2D eigenvalue weighted by molar-refractivity contribution is 6.14. The van der Waals surface area contributed by atoms with Gasteiger partial charge in [0.1, 0.15) is 0 Å². The zero-order valence-electron chi connectivity index (χ0n) is 12.4. The summed E-state index contributed by atoms with van der Waals surface area (Å²) in [5, 5.41) is 9.59. The minimum atomic E-state index is -1.17. The van der Waals surface area contributed by atoms with E-state index in [4.69, 9.17) is 4.74 Å². The minimum absolute atomic E-state index is 0.0578. The molecule has 4 heteroatoms. The maximum Gasteiger partial charge on any atom is 0.339 e. The van der Waals surface area contributed by atoms with Crippen molar-refractivity contribution in [1.29, 1.82) is 0 Å². The summed E-state index contributed by atoms with van der Waals surface area (Å²) in [7, 11) is 1.25. The molecule has 0 amide bonds. The van der Waals surface area contributed by atoms with E-state index in [1.807, 2.05) is 42.5 Å². The van der Waals surface area contributed by atoms with Crippen LogP contribution in [0.15, 0.2) is 71.4 Å². The summed E-state index contributed by atoms with van der Waals surface area (Å²) >= 11 is 0. The summed E-state index contributed by atoms with van der Waals surface area (Å²) in [6.45, 7) is 0. The normalized spacial score (nSPS) is 15.7. The molecule has 2 aliphatic carbocycles. The molecular weight excluding hydrogens is 292 g/mol. The molecule has 1 N–H and O–H groups in total. The van der Waals surface area contributed by atoms with Crippen molar-refractivity contribution in [2.24, 2.45) is 0 Å². The zero-order valence-corrected chi connectivity index (χ0v) is 12.4. The average Bonchev–Trinajstić information content (AvgIpc) is 2.86. The molecule has 0 spiro atoms. The van der Waals surface area contributed by atoms with E-state index in [1.54, 1.807) is 12.2 Å². The number of allylic oxidation sites excluding steroid dienone is 7. The van der Waals surface area contributed by atoms with E-state index in [9.17, 15) is 14.7 Å². The fourth-order valence-corrected chi connectivity index (χ4v) is 2.73. The molecule has 0 saturated carbocycles. The van der Waals surface area contributed by atoms with Gasteiger partial charge in [-0.15, -0.1) is 0 Å². The number of carbonyl (C=O) groups is 2. The fourth-order valence-electron chi connectivity index (χ4n) is 2.73. The number of fused-ring (bicyclic) bond motifs is 3. The number of carbonyl (C=O) groups excluding carboxylic acids is 1. The lowest BCUT2D eigenvalue weighted by atomic mass is 9.92. The van der Waals surface area contributed by atoms with Crippen LogP contribution < -0.4 is 0 Å². The Labute approximate surface area is 133 Å². The highest BCUT2D eigenvalue weighted by Crippen LogP contribution is 2.37. The molecule has 0 atom stereocenters. The lowest BCUT2D eigenvalue weighted by Crippen LogP contribution is -2.15. The SMILES string of the molecule is COC(=O)C1=C2C=CC=CC=C2c2ccccc2C=C1C(=O)O. The molecule has 23 heavy (non-hydrogen) atoms. The second kappa shape index (κ2) is 5.93. The van der Waals surface area contributed by atoms with E-state index in [2.05, 4.69) is 0 Å². The van der Waals surface area contributed by atoms with Crippen LogP contribution in [0.3, 0.4) is 0 Å². The van der Waals surface area contributed by atoms with Crippen molar-refractivity contribution < 1.29 is 19.4 Å². The van der Waals surface area contributed by atoms with Gasteiger partial charge in [-0.05, 0) is 28.3 Å². The molecule has 0 saturated heterocycles. The van der Waals surface area contributed by atoms with Gasteiger partial charge >= 0.3 is 11.9 Å². The summed E-state index contributed by atoms with van der Waals surface area (Å²) in [5.41, 5.74) is 2.93. The van der Waals surface area contributed by atoms with Crippen molar-refractivity contribution in [3.05, 3.63) is 82.5 Å². The summed E-state index contributed by atoms with van der Waals surface area (Å²) in [5.74, 6) is -1.83. The van der Waals surface area contributed by atoms with E-state index >= 15 is 0 Å². The molecule has 114 valence electrons. The number of esters is 1. The van der Waals surface area contributed by atoms with Gasteiger partial charge < -0.3 is 9.84 Å². The van der Waals surface area contributed by atoms with Crippen LogP contribution in [-0.4, -0.2) is 24.2 Å². The maximum absolute atomic E-state index is 12.3. The highest BCUT2D eigenvalue weighted by Gasteiger charge is 2.29. The Balaban J connectivity index is 2.42. The number of carboxylic acid groups (broad SMARTS) is 1. The van der Waals surface area contributed by atoms with E-state index < -0.39 is 11.9 Å². The number of rotatable bonds is 2. The molecule has 2 aliphatic rings. The van der Waals surface area contributed by atoms with Crippen LogP contribution in [0.5, 0.6) is 0 Å². The molecule has 0 heterocycles. The molecule has 0 radical (unpaired) electrons. The van der Waals surface area contributed by atoms with Gasteiger partial charge in [-0.25, -0.2) is 9.59 Å². The Kier molecular flexibility index (Phi) is 3.81. The Morgan fingerprint density at radius 1 is 1.09 bits per heavy atom. The van der Waals surface area contributed by atoms with Crippen molar-refractivity contribution in [2.45, 2.75) is 0 Å². The second-order valence-corrected chi connectivity index (χ2v) is 5.06. The molecule has 1 aromatic rings. The van der Waals surface area contributed by atoms with E-state index in [1.165, 1.54) is 13.2 Å². The molecule has 0 aromatic heterocycles. The molecule has 4 nitrogen and oxygen atoms in total. The summed E-state index contributed by atoms with van der Waals surface area (Å²) in [6.07, 6.45) is 10.6. The standard InChI is InChI=1S/C19H14O4/c1-23-19(22)17-15-10-4-2-3-9-14(15)13-8-6-5-7-12(13)11-16(17)18(20)21/h2-11H,1H3,(H,20,21). The topological polar surface area (TPSA) is 63.6 Å². The van der Waals surface area contributed by atoms with Crippen LogP contribution in [0.2, 0.25) is 0 Å². The summed E-state index contributed by atoms with van der Waals surface area (Å²) in [6, 6.07) is 7.45. The largest absolute Gasteiger partial charge is 0.478 e. The third-order valence-electron chi connectivity index (χ3n) is 3.75. The number of methoxy groups -OCH3 is 1. The van der Waals surface area contributed by atoms with Gasteiger partial charge in [-0.2, -0.15) is 0 Å². The number of carboxylic acids is 1. The number of hydrogen-bond donors (Lipinski definition) is 1. The zero-order chi connectivity index (χ0) is 16.4. The molecule has 3 rings (SSSR count). The van der Waals surface area contributed by atoms with Crippen LogP contribution in [0, 0.1) is 0 Å². The molecule has 0 fully saturated rings. The summed E-state index contributed by atoms with van der Waals surface area (Å²) < 4.78 is 4.83. The van der Waals surface area contributed by atoms with Crippen molar-refractivity contribution in [2.75, 3.05) is 7.11 Å². The minimum Gasteiger partial charge on any atom is -0.478 e. The van der Waals surface area contributed by atoms with Crippen molar-refractivity contribution in [3.8, 4) is 0 Å². The monoisotopic (exact) mass is 306 g/mol. The van der Waals surface area contributed by atoms with Crippen LogP contribution in [0.25, 0.3) is 11.6 Å². The van der Waals surface area contributed by atoms with Crippen LogP contribution in [-0.2, 0) is 14.3 Å². The van der Waals surface area contributed by atoms with Gasteiger partial charge in [0.15, 0.2) is 0 Å². The van der Waals surface area contributed by atoms with E-state index in [0.717, 1.165) is 16.7 Å². The number of ether oxygens (including phenoxy) is 1. The first kappa shape index (κ1) is 14.8. The van der Waals surface area contributed by atoms with Crippen LogP contribution >= 0.6 is 0 Å². The Morgan fingerprint density at radius 3 is 2.61 bits per heavy atom. The number of benzene rings is 1. The predicted molar refractivity (Wildman–Crippen MR) is 87.4 cm³/mol. The number of hydrogen-bond acceptors (Lipinski definition) is 3. The molecule has 1 aromatic carbocycles. The fraction of sp³-hybridized carbons (Fsp3) is 0.0526. The Hall–Kier alpha value is -3.14. The van der Waals surface area contributed by atoms with Crippen molar-refractivity contribution >= 4 is 23.6 Å². The van der Waals surface area contributed by atoms with Gasteiger partial charge in [0.25, 0.3) is 0 Å². The predicted octanol–water partition coefficient (Wildman–Crippen LogP) is 3.15. The van der Waals surface area contributed by atoms with Crippen molar-refractivity contribution in [3.63, 3.8) is 0 Å².